The lowest BCUT2D eigenvalue weighted by molar-refractivity contribution is 0.107. The second kappa shape index (κ2) is 6.72. The highest BCUT2D eigenvalue weighted by atomic mass is 16.3. The highest BCUT2D eigenvalue weighted by molar-refractivity contribution is 5.01. The summed E-state index contributed by atoms with van der Waals surface area (Å²) in [7, 11) is 0. The fraction of sp³-hybridized carbons (Fsp3) is 0.812. The van der Waals surface area contributed by atoms with Gasteiger partial charge in [-0.05, 0) is 38.2 Å². The summed E-state index contributed by atoms with van der Waals surface area (Å²) < 4.78 is 2.19. The molecular weight excluding hydrogens is 250 g/mol. The topological polar surface area (TPSA) is 41.3 Å². The van der Waals surface area contributed by atoms with Crippen LogP contribution in [0.1, 0.15) is 63.1 Å². The standard InChI is InChI=1S/C16H27N3O/c20-12-4-10-18(15-7-3-8-15)13-14-9-11-19(17-14)16-5-1-2-6-16/h9,11,15-16,20H,1-8,10,12-13H2. The summed E-state index contributed by atoms with van der Waals surface area (Å²) >= 11 is 0. The molecule has 0 aromatic carbocycles. The van der Waals surface area contributed by atoms with E-state index in [1.807, 2.05) is 0 Å². The predicted octanol–water partition coefficient (Wildman–Crippen LogP) is 2.74. The maximum atomic E-state index is 9.05. The quantitative estimate of drug-likeness (QED) is 0.833. The van der Waals surface area contributed by atoms with Crippen molar-refractivity contribution in [2.75, 3.05) is 13.2 Å². The van der Waals surface area contributed by atoms with Gasteiger partial charge in [-0.15, -0.1) is 0 Å². The summed E-state index contributed by atoms with van der Waals surface area (Å²) in [6.45, 7) is 2.24. The van der Waals surface area contributed by atoms with Gasteiger partial charge in [-0.1, -0.05) is 19.3 Å². The van der Waals surface area contributed by atoms with Crippen LogP contribution in [0.2, 0.25) is 0 Å². The van der Waals surface area contributed by atoms with Crippen LogP contribution in [-0.2, 0) is 6.54 Å². The molecule has 1 N–H and O–H groups in total. The van der Waals surface area contributed by atoms with E-state index in [1.165, 1.54) is 50.6 Å². The fourth-order valence-corrected chi connectivity index (χ4v) is 3.46. The molecule has 2 saturated carbocycles. The van der Waals surface area contributed by atoms with Crippen LogP contribution in [-0.4, -0.2) is 39.0 Å². The van der Waals surface area contributed by atoms with Gasteiger partial charge in [0.1, 0.15) is 0 Å². The molecule has 2 fully saturated rings. The van der Waals surface area contributed by atoms with Crippen LogP contribution in [0, 0.1) is 0 Å². The number of aromatic nitrogens is 2. The number of hydrogen-bond donors (Lipinski definition) is 1. The molecule has 0 aliphatic heterocycles. The molecule has 20 heavy (non-hydrogen) atoms. The maximum absolute atomic E-state index is 9.05. The third kappa shape index (κ3) is 3.23. The number of aliphatic hydroxyl groups is 1. The molecule has 1 aromatic heterocycles. The smallest absolute Gasteiger partial charge is 0.0765 e. The molecule has 4 nitrogen and oxygen atoms in total. The lowest BCUT2D eigenvalue weighted by Gasteiger charge is -2.37. The van der Waals surface area contributed by atoms with E-state index in [0.717, 1.165) is 25.6 Å². The Balaban J connectivity index is 1.59. The highest BCUT2D eigenvalue weighted by Crippen LogP contribution is 2.29. The van der Waals surface area contributed by atoms with E-state index >= 15 is 0 Å². The van der Waals surface area contributed by atoms with Crippen molar-refractivity contribution < 1.29 is 5.11 Å². The van der Waals surface area contributed by atoms with Crippen LogP contribution in [0.3, 0.4) is 0 Å². The molecule has 0 spiro atoms. The fourth-order valence-electron chi connectivity index (χ4n) is 3.46. The first-order chi connectivity index (χ1) is 9.86. The maximum Gasteiger partial charge on any atom is 0.0765 e. The van der Waals surface area contributed by atoms with Crippen LogP contribution >= 0.6 is 0 Å². The van der Waals surface area contributed by atoms with Crippen molar-refractivity contribution in [3.05, 3.63) is 18.0 Å². The van der Waals surface area contributed by atoms with Gasteiger partial charge in [0.15, 0.2) is 0 Å². The average molecular weight is 277 g/mol. The number of hydrogen-bond acceptors (Lipinski definition) is 3. The zero-order valence-corrected chi connectivity index (χ0v) is 12.4. The van der Waals surface area contributed by atoms with Crippen molar-refractivity contribution >= 4 is 0 Å². The molecule has 112 valence electrons. The van der Waals surface area contributed by atoms with Gasteiger partial charge in [0.05, 0.1) is 11.7 Å². The van der Waals surface area contributed by atoms with E-state index < -0.39 is 0 Å². The van der Waals surface area contributed by atoms with Crippen molar-refractivity contribution in [2.24, 2.45) is 0 Å². The minimum atomic E-state index is 0.291. The molecular formula is C16H27N3O. The van der Waals surface area contributed by atoms with Gasteiger partial charge in [-0.3, -0.25) is 9.58 Å². The third-order valence-electron chi connectivity index (χ3n) is 4.92. The molecule has 0 saturated heterocycles. The molecule has 1 heterocycles. The Bertz CT molecular complexity index is 408. The SMILES string of the molecule is OCCCN(Cc1ccn(C2CCCC2)n1)C1CCC1. The van der Waals surface area contributed by atoms with Crippen LogP contribution in [0.4, 0.5) is 0 Å². The zero-order chi connectivity index (χ0) is 13.8. The number of rotatable bonds is 7. The second-order valence-electron chi connectivity index (χ2n) is 6.36. The second-order valence-corrected chi connectivity index (χ2v) is 6.36. The zero-order valence-electron chi connectivity index (χ0n) is 12.4. The Kier molecular flexibility index (Phi) is 4.73. The van der Waals surface area contributed by atoms with E-state index in [0.29, 0.717) is 12.6 Å². The summed E-state index contributed by atoms with van der Waals surface area (Å²) in [6.07, 6.45) is 12.3. The van der Waals surface area contributed by atoms with Gasteiger partial charge in [0.2, 0.25) is 0 Å². The van der Waals surface area contributed by atoms with Crippen LogP contribution in [0.5, 0.6) is 0 Å². The van der Waals surface area contributed by atoms with Crippen molar-refractivity contribution in [1.29, 1.82) is 0 Å². The predicted molar refractivity (Wildman–Crippen MR) is 79.5 cm³/mol. The van der Waals surface area contributed by atoms with Crippen molar-refractivity contribution in [3.8, 4) is 0 Å². The minimum absolute atomic E-state index is 0.291. The largest absolute Gasteiger partial charge is 0.396 e. The Morgan fingerprint density at radius 1 is 1.20 bits per heavy atom. The van der Waals surface area contributed by atoms with Gasteiger partial charge in [-0.25, -0.2) is 0 Å². The first-order valence-electron chi connectivity index (χ1n) is 8.26. The summed E-state index contributed by atoms with van der Waals surface area (Å²) in [5.74, 6) is 0. The van der Waals surface area contributed by atoms with Crippen molar-refractivity contribution in [3.63, 3.8) is 0 Å². The molecule has 0 atom stereocenters. The molecule has 3 rings (SSSR count). The van der Waals surface area contributed by atoms with Crippen molar-refractivity contribution in [1.82, 2.24) is 14.7 Å². The summed E-state index contributed by atoms with van der Waals surface area (Å²) in [4.78, 5) is 2.51. The molecule has 2 aliphatic carbocycles. The molecule has 4 heteroatoms. The average Bonchev–Trinajstić information content (AvgIpc) is 3.04. The van der Waals surface area contributed by atoms with E-state index in [9.17, 15) is 0 Å². The normalized spacial score (nSPS) is 20.7. The lowest BCUT2D eigenvalue weighted by atomic mass is 9.91. The minimum Gasteiger partial charge on any atom is -0.396 e. The van der Waals surface area contributed by atoms with Crippen LogP contribution in [0.25, 0.3) is 0 Å². The molecule has 0 radical (unpaired) electrons. The molecule has 1 aromatic rings. The Morgan fingerprint density at radius 2 is 2.00 bits per heavy atom. The number of aliphatic hydroxyl groups excluding tert-OH is 1. The molecule has 0 bridgehead atoms. The van der Waals surface area contributed by atoms with Gasteiger partial charge < -0.3 is 5.11 Å². The first-order valence-corrected chi connectivity index (χ1v) is 8.26. The van der Waals surface area contributed by atoms with Gasteiger partial charge in [-0.2, -0.15) is 5.10 Å². The molecule has 0 amide bonds. The van der Waals surface area contributed by atoms with Crippen LogP contribution < -0.4 is 0 Å². The molecule has 0 unspecified atom stereocenters. The summed E-state index contributed by atoms with van der Waals surface area (Å²) in [5, 5.41) is 13.8. The Hall–Kier alpha value is -0.870. The van der Waals surface area contributed by atoms with E-state index in [2.05, 4.69) is 21.8 Å². The summed E-state index contributed by atoms with van der Waals surface area (Å²) in [6, 6.07) is 3.54. The van der Waals surface area contributed by atoms with Crippen molar-refractivity contribution in [2.45, 2.75) is 70.0 Å². The lowest BCUT2D eigenvalue weighted by Crippen LogP contribution is -2.40. The van der Waals surface area contributed by atoms with Gasteiger partial charge in [0, 0.05) is 31.9 Å². The van der Waals surface area contributed by atoms with Gasteiger partial charge in [0.25, 0.3) is 0 Å². The monoisotopic (exact) mass is 277 g/mol. The first kappa shape index (κ1) is 14.1. The van der Waals surface area contributed by atoms with E-state index in [-0.39, 0.29) is 0 Å². The van der Waals surface area contributed by atoms with Crippen LogP contribution in [0.15, 0.2) is 12.3 Å². The Morgan fingerprint density at radius 3 is 2.65 bits per heavy atom. The number of nitrogens with zero attached hydrogens (tertiary/aromatic N) is 3. The van der Waals surface area contributed by atoms with E-state index in [4.69, 9.17) is 10.2 Å². The van der Waals surface area contributed by atoms with E-state index in [1.54, 1.807) is 0 Å². The van der Waals surface area contributed by atoms with Gasteiger partial charge >= 0.3 is 0 Å². The summed E-state index contributed by atoms with van der Waals surface area (Å²) in [5.41, 5.74) is 1.20. The Labute approximate surface area is 121 Å². The highest BCUT2D eigenvalue weighted by Gasteiger charge is 2.25. The molecule has 2 aliphatic rings. The third-order valence-corrected chi connectivity index (χ3v) is 4.92.